The van der Waals surface area contributed by atoms with Gasteiger partial charge in [-0.1, -0.05) is 13.0 Å². The Labute approximate surface area is 152 Å². The minimum Gasteiger partial charge on any atom is -0.443 e. The molecular weight excluding hydrogens is 314 g/mol. The summed E-state index contributed by atoms with van der Waals surface area (Å²) in [5, 5.41) is 0. The predicted molar refractivity (Wildman–Crippen MR) is 102 cm³/mol. The van der Waals surface area contributed by atoms with Crippen LogP contribution in [0.3, 0.4) is 0 Å². The fraction of sp³-hybridized carbons (Fsp3) is 0.700. The summed E-state index contributed by atoms with van der Waals surface area (Å²) in [6.07, 6.45) is 5.16. The zero-order chi connectivity index (χ0) is 18.6. The lowest BCUT2D eigenvalue weighted by Crippen LogP contribution is -2.41. The molecule has 0 saturated carbocycles. The van der Waals surface area contributed by atoms with Crippen molar-refractivity contribution in [1.29, 1.82) is 0 Å². The second kappa shape index (κ2) is 8.17. The van der Waals surface area contributed by atoms with Gasteiger partial charge in [0, 0.05) is 18.3 Å². The molecule has 1 atom stereocenters. The van der Waals surface area contributed by atoms with E-state index in [1.165, 1.54) is 24.8 Å². The van der Waals surface area contributed by atoms with E-state index >= 15 is 0 Å². The molecule has 1 unspecified atom stereocenters. The summed E-state index contributed by atoms with van der Waals surface area (Å²) in [6.45, 7) is 14.1. The monoisotopic (exact) mass is 347 g/mol. The molecular formula is C20H33N3O2. The smallest absolute Gasteiger partial charge is 0.416 e. The summed E-state index contributed by atoms with van der Waals surface area (Å²) in [4.78, 5) is 21.3. The predicted octanol–water partition coefficient (Wildman–Crippen LogP) is 4.78. The molecule has 1 aromatic heterocycles. The maximum Gasteiger partial charge on any atom is 0.416 e. The van der Waals surface area contributed by atoms with Gasteiger partial charge in [-0.2, -0.15) is 0 Å². The van der Waals surface area contributed by atoms with Crippen LogP contribution >= 0.6 is 0 Å². The Morgan fingerprint density at radius 3 is 2.64 bits per heavy atom. The number of likely N-dealkylation sites (tertiary alicyclic amines) is 1. The van der Waals surface area contributed by atoms with Crippen LogP contribution in [-0.2, 0) is 4.74 Å². The van der Waals surface area contributed by atoms with E-state index in [1.54, 1.807) is 4.90 Å². The van der Waals surface area contributed by atoms with Gasteiger partial charge in [0.2, 0.25) is 0 Å². The molecule has 2 heterocycles. The first kappa shape index (κ1) is 19.7. The number of nitrogens with zero attached hydrogens (tertiary/aromatic N) is 3. The Kier molecular flexibility index (Phi) is 6.44. The third-order valence-corrected chi connectivity index (χ3v) is 4.38. The number of pyridine rings is 1. The highest BCUT2D eigenvalue weighted by atomic mass is 16.6. The van der Waals surface area contributed by atoms with Crippen LogP contribution in [0, 0.1) is 0 Å². The first-order valence-electron chi connectivity index (χ1n) is 9.45. The molecule has 1 aliphatic heterocycles. The van der Waals surface area contributed by atoms with Gasteiger partial charge >= 0.3 is 6.09 Å². The van der Waals surface area contributed by atoms with E-state index in [2.05, 4.69) is 22.9 Å². The highest BCUT2D eigenvalue weighted by molar-refractivity contribution is 5.87. The lowest BCUT2D eigenvalue weighted by Gasteiger charge is -2.30. The highest BCUT2D eigenvalue weighted by Crippen LogP contribution is 2.32. The van der Waals surface area contributed by atoms with Crippen LogP contribution in [0.1, 0.15) is 72.4 Å². The summed E-state index contributed by atoms with van der Waals surface area (Å²) in [5.41, 5.74) is 0.719. The number of aromatic nitrogens is 1. The molecule has 5 nitrogen and oxygen atoms in total. The van der Waals surface area contributed by atoms with Gasteiger partial charge in [-0.05, 0) is 78.6 Å². The minimum atomic E-state index is -0.519. The molecule has 0 spiro atoms. The van der Waals surface area contributed by atoms with E-state index in [4.69, 9.17) is 4.74 Å². The molecule has 1 amide bonds. The standard InChI is InChI=1S/C20H33N3O2/c1-7-12-22-13-8-9-17(22)16-10-11-18(21-14-16)23(15(2)3)19(24)25-20(4,5)6/h10-11,14-15,17H,7-9,12-13H2,1-6H3. The Bertz CT molecular complexity index is 563. The van der Waals surface area contributed by atoms with Gasteiger partial charge in [0.05, 0.1) is 0 Å². The van der Waals surface area contributed by atoms with Crippen molar-refractivity contribution in [3.8, 4) is 0 Å². The highest BCUT2D eigenvalue weighted by Gasteiger charge is 2.28. The van der Waals surface area contributed by atoms with Crippen molar-refractivity contribution in [3.05, 3.63) is 23.9 Å². The fourth-order valence-corrected chi connectivity index (χ4v) is 3.38. The van der Waals surface area contributed by atoms with Crippen LogP contribution in [-0.4, -0.2) is 40.7 Å². The first-order chi connectivity index (χ1) is 11.7. The molecule has 1 fully saturated rings. The number of carbonyl (C=O) groups excluding carboxylic acids is 1. The van der Waals surface area contributed by atoms with E-state index in [9.17, 15) is 4.79 Å². The van der Waals surface area contributed by atoms with Crippen molar-refractivity contribution in [2.75, 3.05) is 18.0 Å². The van der Waals surface area contributed by atoms with Gasteiger partial charge in [0.25, 0.3) is 0 Å². The summed E-state index contributed by atoms with van der Waals surface area (Å²) < 4.78 is 5.53. The third-order valence-electron chi connectivity index (χ3n) is 4.38. The van der Waals surface area contributed by atoms with Crippen molar-refractivity contribution in [1.82, 2.24) is 9.88 Å². The van der Waals surface area contributed by atoms with E-state index in [0.717, 1.165) is 13.1 Å². The van der Waals surface area contributed by atoms with Crippen LogP contribution in [0.5, 0.6) is 0 Å². The van der Waals surface area contributed by atoms with Crippen LogP contribution < -0.4 is 4.90 Å². The topological polar surface area (TPSA) is 45.7 Å². The summed E-state index contributed by atoms with van der Waals surface area (Å²) >= 11 is 0. The quantitative estimate of drug-likeness (QED) is 0.769. The number of hydrogen-bond donors (Lipinski definition) is 0. The normalized spacial score (nSPS) is 18.6. The van der Waals surface area contributed by atoms with E-state index in [-0.39, 0.29) is 12.1 Å². The average molecular weight is 348 g/mol. The maximum absolute atomic E-state index is 12.5. The zero-order valence-corrected chi connectivity index (χ0v) is 16.6. The molecule has 0 radical (unpaired) electrons. The van der Waals surface area contributed by atoms with Crippen molar-refractivity contribution >= 4 is 11.9 Å². The molecule has 1 aromatic rings. The van der Waals surface area contributed by atoms with Gasteiger partial charge in [-0.15, -0.1) is 0 Å². The molecule has 0 aliphatic carbocycles. The Balaban J connectivity index is 2.17. The molecule has 0 bridgehead atoms. The van der Waals surface area contributed by atoms with Gasteiger partial charge in [0.15, 0.2) is 0 Å². The van der Waals surface area contributed by atoms with Crippen molar-refractivity contribution in [2.24, 2.45) is 0 Å². The molecule has 5 heteroatoms. The average Bonchev–Trinajstić information content (AvgIpc) is 2.94. The first-order valence-corrected chi connectivity index (χ1v) is 9.45. The number of ether oxygens (including phenoxy) is 1. The summed E-state index contributed by atoms with van der Waals surface area (Å²) in [5.74, 6) is 0.646. The molecule has 2 rings (SSSR count). The zero-order valence-electron chi connectivity index (χ0n) is 16.6. The summed E-state index contributed by atoms with van der Waals surface area (Å²) in [7, 11) is 0. The van der Waals surface area contributed by atoms with E-state index in [0.29, 0.717) is 11.9 Å². The number of anilines is 1. The van der Waals surface area contributed by atoms with Crippen molar-refractivity contribution in [3.63, 3.8) is 0 Å². The second-order valence-corrected chi connectivity index (χ2v) is 8.09. The largest absolute Gasteiger partial charge is 0.443 e. The Hall–Kier alpha value is -1.62. The Morgan fingerprint density at radius 1 is 1.40 bits per heavy atom. The minimum absolute atomic E-state index is 0.0173. The van der Waals surface area contributed by atoms with E-state index in [1.807, 2.05) is 46.9 Å². The summed E-state index contributed by atoms with van der Waals surface area (Å²) in [6, 6.07) is 4.49. The van der Waals surface area contributed by atoms with Crippen LogP contribution in [0.4, 0.5) is 10.6 Å². The number of hydrogen-bond acceptors (Lipinski definition) is 4. The molecule has 25 heavy (non-hydrogen) atoms. The number of rotatable bonds is 5. The molecule has 0 aromatic carbocycles. The number of carbonyl (C=O) groups is 1. The molecule has 140 valence electrons. The SMILES string of the molecule is CCCN1CCCC1c1ccc(N(C(=O)OC(C)(C)C)C(C)C)nc1. The third kappa shape index (κ3) is 5.18. The fourth-order valence-electron chi connectivity index (χ4n) is 3.38. The maximum atomic E-state index is 12.5. The van der Waals surface area contributed by atoms with Gasteiger partial charge < -0.3 is 4.74 Å². The Morgan fingerprint density at radius 2 is 2.12 bits per heavy atom. The second-order valence-electron chi connectivity index (χ2n) is 8.09. The lowest BCUT2D eigenvalue weighted by molar-refractivity contribution is 0.0569. The molecule has 0 N–H and O–H groups in total. The van der Waals surface area contributed by atoms with E-state index < -0.39 is 5.60 Å². The van der Waals surface area contributed by atoms with Gasteiger partial charge in [-0.3, -0.25) is 9.80 Å². The van der Waals surface area contributed by atoms with Crippen molar-refractivity contribution < 1.29 is 9.53 Å². The molecule has 1 aliphatic rings. The molecule has 1 saturated heterocycles. The van der Waals surface area contributed by atoms with Crippen LogP contribution in [0.15, 0.2) is 18.3 Å². The van der Waals surface area contributed by atoms with Gasteiger partial charge in [-0.25, -0.2) is 9.78 Å². The van der Waals surface area contributed by atoms with Crippen LogP contribution in [0.2, 0.25) is 0 Å². The van der Waals surface area contributed by atoms with Crippen molar-refractivity contribution in [2.45, 2.75) is 78.5 Å². The lowest BCUT2D eigenvalue weighted by atomic mass is 10.1. The van der Waals surface area contributed by atoms with Gasteiger partial charge in [0.1, 0.15) is 11.4 Å². The number of amides is 1. The van der Waals surface area contributed by atoms with Crippen LogP contribution in [0.25, 0.3) is 0 Å².